The maximum atomic E-state index is 11.6. The highest BCUT2D eigenvalue weighted by atomic mass is 16.5. The molecule has 0 unspecified atom stereocenters. The topological polar surface area (TPSA) is 48.4 Å². The maximum Gasteiger partial charge on any atom is 0.337 e. The summed E-state index contributed by atoms with van der Waals surface area (Å²) in [7, 11) is 1.37. The maximum absolute atomic E-state index is 11.6. The average Bonchev–Trinajstić information content (AvgIpc) is 3.08. The minimum absolute atomic E-state index is 0.353. The molecule has 22 heavy (non-hydrogen) atoms. The van der Waals surface area contributed by atoms with E-state index in [9.17, 15) is 4.79 Å². The van der Waals surface area contributed by atoms with Gasteiger partial charge in [0.1, 0.15) is 5.75 Å². The molecule has 3 rings (SSSR count). The Morgan fingerprint density at radius 1 is 1.14 bits per heavy atom. The molecule has 0 aliphatic heterocycles. The van der Waals surface area contributed by atoms with E-state index in [-0.39, 0.29) is 5.97 Å². The van der Waals surface area contributed by atoms with Crippen LogP contribution in [0.4, 0.5) is 0 Å². The zero-order valence-electron chi connectivity index (χ0n) is 12.6. The van der Waals surface area contributed by atoms with Crippen molar-refractivity contribution in [1.82, 2.24) is 4.98 Å². The molecule has 4 nitrogen and oxygen atoms in total. The number of esters is 1. The van der Waals surface area contributed by atoms with Gasteiger partial charge in [-0.15, -0.1) is 0 Å². The zero-order valence-corrected chi connectivity index (χ0v) is 12.6. The summed E-state index contributed by atoms with van der Waals surface area (Å²) in [6.45, 7) is 0. The number of aromatic nitrogens is 1. The van der Waals surface area contributed by atoms with Crippen molar-refractivity contribution in [2.24, 2.45) is 0 Å². The fraction of sp³-hybridized carbons (Fsp3) is 0.333. The van der Waals surface area contributed by atoms with Crippen molar-refractivity contribution in [1.29, 1.82) is 0 Å². The van der Waals surface area contributed by atoms with Gasteiger partial charge in [-0.2, -0.15) is 0 Å². The summed E-state index contributed by atoms with van der Waals surface area (Å²) in [4.78, 5) is 15.9. The van der Waals surface area contributed by atoms with Crippen LogP contribution in [-0.4, -0.2) is 24.2 Å². The summed E-state index contributed by atoms with van der Waals surface area (Å²) in [5.41, 5.74) is 2.19. The van der Waals surface area contributed by atoms with Gasteiger partial charge >= 0.3 is 5.97 Å². The largest absolute Gasteiger partial charge is 0.490 e. The molecule has 1 aromatic carbocycles. The first-order valence-electron chi connectivity index (χ1n) is 7.58. The third-order valence-corrected chi connectivity index (χ3v) is 3.94. The van der Waals surface area contributed by atoms with E-state index in [2.05, 4.69) is 4.98 Å². The molecule has 0 N–H and O–H groups in total. The Labute approximate surface area is 130 Å². The van der Waals surface area contributed by atoms with Gasteiger partial charge in [-0.1, -0.05) is 0 Å². The van der Waals surface area contributed by atoms with E-state index in [1.807, 2.05) is 24.3 Å². The summed E-state index contributed by atoms with van der Waals surface area (Å²) in [6, 6.07) is 11.2. The molecule has 1 aliphatic rings. The van der Waals surface area contributed by atoms with Crippen molar-refractivity contribution in [2.75, 3.05) is 7.11 Å². The lowest BCUT2D eigenvalue weighted by molar-refractivity contribution is 0.0600. The van der Waals surface area contributed by atoms with Gasteiger partial charge in [0.05, 0.1) is 24.5 Å². The van der Waals surface area contributed by atoms with Crippen LogP contribution < -0.4 is 4.74 Å². The second kappa shape index (κ2) is 6.60. The molecule has 2 aromatic rings. The molecule has 0 atom stereocenters. The van der Waals surface area contributed by atoms with Crippen molar-refractivity contribution < 1.29 is 14.3 Å². The van der Waals surface area contributed by atoms with Crippen molar-refractivity contribution in [3.05, 3.63) is 48.2 Å². The van der Waals surface area contributed by atoms with Crippen LogP contribution in [0.3, 0.4) is 0 Å². The van der Waals surface area contributed by atoms with E-state index in [0.717, 1.165) is 29.8 Å². The van der Waals surface area contributed by atoms with Crippen LogP contribution in [0.1, 0.15) is 36.0 Å². The fourth-order valence-electron chi connectivity index (χ4n) is 2.74. The normalized spacial score (nSPS) is 14.8. The van der Waals surface area contributed by atoms with E-state index in [0.29, 0.717) is 11.7 Å². The van der Waals surface area contributed by atoms with Crippen LogP contribution >= 0.6 is 0 Å². The van der Waals surface area contributed by atoms with Crippen LogP contribution in [0.2, 0.25) is 0 Å². The molecule has 4 heteroatoms. The fourth-order valence-corrected chi connectivity index (χ4v) is 2.74. The van der Waals surface area contributed by atoms with Gasteiger partial charge in [-0.05, 0) is 62.1 Å². The number of hydrogen-bond donors (Lipinski definition) is 0. The molecule has 0 saturated heterocycles. The van der Waals surface area contributed by atoms with E-state index < -0.39 is 0 Å². The van der Waals surface area contributed by atoms with Crippen molar-refractivity contribution in [3.8, 4) is 17.0 Å². The molecule has 0 amide bonds. The number of carbonyl (C=O) groups is 1. The number of methoxy groups -OCH3 is 1. The number of pyridine rings is 1. The summed E-state index contributed by atoms with van der Waals surface area (Å²) < 4.78 is 10.7. The summed E-state index contributed by atoms with van der Waals surface area (Å²) in [5, 5.41) is 0. The standard InChI is InChI=1S/C18H19NO3/c1-21-18(20)14-10-11-19-17(12-14)13-6-8-16(9-7-13)22-15-4-2-3-5-15/h6-12,15H,2-5H2,1H3. The zero-order chi connectivity index (χ0) is 15.4. The predicted molar refractivity (Wildman–Crippen MR) is 83.9 cm³/mol. The molecule has 0 spiro atoms. The number of nitrogens with zero attached hydrogens (tertiary/aromatic N) is 1. The minimum atomic E-state index is -0.357. The van der Waals surface area contributed by atoms with Crippen LogP contribution in [0, 0.1) is 0 Å². The number of hydrogen-bond acceptors (Lipinski definition) is 4. The van der Waals surface area contributed by atoms with Gasteiger partial charge in [0.25, 0.3) is 0 Å². The number of benzene rings is 1. The molecule has 1 aromatic heterocycles. The number of ether oxygens (including phenoxy) is 2. The van der Waals surface area contributed by atoms with Crippen molar-refractivity contribution >= 4 is 5.97 Å². The first-order chi connectivity index (χ1) is 10.8. The third kappa shape index (κ3) is 3.27. The molecular weight excluding hydrogens is 278 g/mol. The average molecular weight is 297 g/mol. The lowest BCUT2D eigenvalue weighted by Gasteiger charge is -2.13. The summed E-state index contributed by atoms with van der Waals surface area (Å²) in [5.74, 6) is 0.532. The van der Waals surface area contributed by atoms with Gasteiger partial charge in [0.15, 0.2) is 0 Å². The van der Waals surface area contributed by atoms with E-state index in [4.69, 9.17) is 9.47 Å². The van der Waals surface area contributed by atoms with E-state index in [1.165, 1.54) is 20.0 Å². The molecule has 0 radical (unpaired) electrons. The van der Waals surface area contributed by atoms with Crippen LogP contribution in [-0.2, 0) is 4.74 Å². The van der Waals surface area contributed by atoms with Crippen molar-refractivity contribution in [3.63, 3.8) is 0 Å². The van der Waals surface area contributed by atoms with Gasteiger partial charge in [-0.3, -0.25) is 4.98 Å². The van der Waals surface area contributed by atoms with E-state index in [1.54, 1.807) is 18.3 Å². The predicted octanol–water partition coefficient (Wildman–Crippen LogP) is 3.86. The number of rotatable bonds is 4. The molecule has 1 aliphatic carbocycles. The molecule has 1 fully saturated rings. The lowest BCUT2D eigenvalue weighted by atomic mass is 10.1. The van der Waals surface area contributed by atoms with E-state index >= 15 is 0 Å². The highest BCUT2D eigenvalue weighted by Crippen LogP contribution is 2.26. The molecule has 1 heterocycles. The van der Waals surface area contributed by atoms with Crippen LogP contribution in [0.5, 0.6) is 5.75 Å². The molecule has 0 bridgehead atoms. The first-order valence-corrected chi connectivity index (χ1v) is 7.58. The molecule has 114 valence electrons. The Balaban J connectivity index is 1.76. The van der Waals surface area contributed by atoms with Gasteiger partial charge in [-0.25, -0.2) is 4.79 Å². The first kappa shape index (κ1) is 14.6. The van der Waals surface area contributed by atoms with Crippen LogP contribution in [0.15, 0.2) is 42.6 Å². The Hall–Kier alpha value is -2.36. The third-order valence-electron chi connectivity index (χ3n) is 3.94. The minimum Gasteiger partial charge on any atom is -0.490 e. The lowest BCUT2D eigenvalue weighted by Crippen LogP contribution is -2.10. The summed E-state index contributed by atoms with van der Waals surface area (Å²) in [6.07, 6.45) is 6.77. The Kier molecular flexibility index (Phi) is 4.37. The second-order valence-electron chi connectivity index (χ2n) is 5.47. The van der Waals surface area contributed by atoms with Crippen molar-refractivity contribution in [2.45, 2.75) is 31.8 Å². The van der Waals surface area contributed by atoms with Crippen LogP contribution in [0.25, 0.3) is 11.3 Å². The second-order valence-corrected chi connectivity index (χ2v) is 5.47. The van der Waals surface area contributed by atoms with Gasteiger partial charge in [0, 0.05) is 11.8 Å². The monoisotopic (exact) mass is 297 g/mol. The van der Waals surface area contributed by atoms with Gasteiger partial charge < -0.3 is 9.47 Å². The Bertz CT molecular complexity index is 646. The Morgan fingerprint density at radius 3 is 2.55 bits per heavy atom. The van der Waals surface area contributed by atoms with Gasteiger partial charge in [0.2, 0.25) is 0 Å². The summed E-state index contributed by atoms with van der Waals surface area (Å²) >= 11 is 0. The quantitative estimate of drug-likeness (QED) is 0.804. The highest BCUT2D eigenvalue weighted by Gasteiger charge is 2.16. The highest BCUT2D eigenvalue weighted by molar-refractivity contribution is 5.90. The molecular formula is C18H19NO3. The number of carbonyl (C=O) groups excluding carboxylic acids is 1. The Morgan fingerprint density at radius 2 is 1.86 bits per heavy atom. The SMILES string of the molecule is COC(=O)c1ccnc(-c2ccc(OC3CCCC3)cc2)c1. The molecule has 1 saturated carbocycles. The smallest absolute Gasteiger partial charge is 0.337 e.